The molecule has 9 heteroatoms. The van der Waals surface area contributed by atoms with Gasteiger partial charge in [0.2, 0.25) is 5.89 Å². The lowest BCUT2D eigenvalue weighted by Crippen LogP contribution is -2.21. The predicted molar refractivity (Wildman–Crippen MR) is 134 cm³/mol. The van der Waals surface area contributed by atoms with E-state index in [1.54, 1.807) is 25.6 Å². The van der Waals surface area contributed by atoms with Crippen LogP contribution in [-0.2, 0) is 5.75 Å². The van der Waals surface area contributed by atoms with Crippen LogP contribution >= 0.6 is 23.1 Å². The fraction of sp³-hybridized carbons (Fsp3) is 0.292. The Labute approximate surface area is 201 Å². The Morgan fingerprint density at radius 2 is 1.67 bits per heavy atom. The molecule has 0 aliphatic heterocycles. The van der Waals surface area contributed by atoms with Gasteiger partial charge in [0.05, 0.1) is 19.9 Å². The Hall–Kier alpha value is -3.04. The lowest BCUT2D eigenvalue weighted by molar-refractivity contribution is 0.355. The van der Waals surface area contributed by atoms with Gasteiger partial charge in [-0.25, -0.2) is 4.98 Å². The van der Waals surface area contributed by atoms with E-state index >= 15 is 0 Å². The first-order chi connectivity index (χ1) is 16.1. The van der Waals surface area contributed by atoms with Crippen molar-refractivity contribution in [1.82, 2.24) is 15.2 Å². The van der Waals surface area contributed by atoms with Crippen LogP contribution in [0.4, 0.5) is 5.69 Å². The largest absolute Gasteiger partial charge is 0.493 e. The van der Waals surface area contributed by atoms with Crippen molar-refractivity contribution < 1.29 is 13.9 Å². The number of benzene rings is 2. The summed E-state index contributed by atoms with van der Waals surface area (Å²) in [6, 6.07) is 14.0. The minimum absolute atomic E-state index is 0.521. The molecule has 4 aromatic rings. The monoisotopic (exact) mass is 482 g/mol. The van der Waals surface area contributed by atoms with Crippen LogP contribution < -0.4 is 14.4 Å². The molecular weight excluding hydrogens is 456 g/mol. The van der Waals surface area contributed by atoms with Gasteiger partial charge in [0.1, 0.15) is 5.01 Å². The third kappa shape index (κ3) is 5.31. The summed E-state index contributed by atoms with van der Waals surface area (Å²) in [7, 11) is 3.25. The summed E-state index contributed by atoms with van der Waals surface area (Å²) in [6.07, 6.45) is 0. The summed E-state index contributed by atoms with van der Waals surface area (Å²) in [4.78, 5) is 7.04. The molecule has 0 amide bonds. The molecule has 172 valence electrons. The number of rotatable bonds is 10. The number of hydrogen-bond donors (Lipinski definition) is 0. The van der Waals surface area contributed by atoms with E-state index in [9.17, 15) is 0 Å². The molecule has 0 bridgehead atoms. The van der Waals surface area contributed by atoms with E-state index in [0.29, 0.717) is 28.4 Å². The van der Waals surface area contributed by atoms with Crippen LogP contribution in [0.1, 0.15) is 19.5 Å². The SMILES string of the molecule is CCN(CC)c1ccc(-c2nnc(SCc3csc(-c4ccc(OC)c(OC)c4)n3)o2)cc1. The number of nitrogens with zero attached hydrogens (tertiary/aromatic N) is 4. The maximum absolute atomic E-state index is 5.86. The average molecular weight is 483 g/mol. The number of anilines is 1. The zero-order chi connectivity index (χ0) is 23.2. The Balaban J connectivity index is 1.40. The van der Waals surface area contributed by atoms with Gasteiger partial charge in [-0.1, -0.05) is 11.8 Å². The summed E-state index contributed by atoms with van der Waals surface area (Å²) < 4.78 is 16.6. The number of aromatic nitrogens is 3. The first-order valence-corrected chi connectivity index (χ1v) is 12.5. The van der Waals surface area contributed by atoms with Crippen LogP contribution in [0.15, 0.2) is 57.5 Å². The second-order valence-corrected chi connectivity index (χ2v) is 8.88. The van der Waals surface area contributed by atoms with Gasteiger partial charge < -0.3 is 18.8 Å². The summed E-state index contributed by atoms with van der Waals surface area (Å²) >= 11 is 3.07. The van der Waals surface area contributed by atoms with Crippen LogP contribution in [0.3, 0.4) is 0 Å². The minimum atomic E-state index is 0.521. The van der Waals surface area contributed by atoms with Gasteiger partial charge in [-0.05, 0) is 56.3 Å². The first kappa shape index (κ1) is 23.1. The number of thioether (sulfide) groups is 1. The van der Waals surface area contributed by atoms with Gasteiger partial charge >= 0.3 is 0 Å². The van der Waals surface area contributed by atoms with E-state index in [0.717, 1.165) is 34.9 Å². The van der Waals surface area contributed by atoms with E-state index in [-0.39, 0.29) is 0 Å². The van der Waals surface area contributed by atoms with Gasteiger partial charge in [-0.3, -0.25) is 0 Å². The van der Waals surface area contributed by atoms with Crippen LogP contribution in [0, 0.1) is 0 Å². The Morgan fingerprint density at radius 1 is 0.939 bits per heavy atom. The average Bonchev–Trinajstić information content (AvgIpc) is 3.53. The van der Waals surface area contributed by atoms with E-state index in [4.69, 9.17) is 18.9 Å². The van der Waals surface area contributed by atoms with Crippen LogP contribution in [-0.4, -0.2) is 42.5 Å². The zero-order valence-electron chi connectivity index (χ0n) is 19.1. The summed E-state index contributed by atoms with van der Waals surface area (Å²) in [5.74, 6) is 2.55. The normalized spacial score (nSPS) is 10.9. The molecule has 0 radical (unpaired) electrons. The standard InChI is InChI=1S/C24H26N4O3S2/c1-5-28(6-2)19-10-7-16(8-11-19)22-26-27-24(31-22)33-15-18-14-32-23(25-18)17-9-12-20(29-3)21(13-17)30-4/h7-14H,5-6,15H2,1-4H3. The van der Waals surface area contributed by atoms with Crippen molar-refractivity contribution in [2.75, 3.05) is 32.2 Å². The Morgan fingerprint density at radius 3 is 2.36 bits per heavy atom. The highest BCUT2D eigenvalue weighted by molar-refractivity contribution is 7.98. The van der Waals surface area contributed by atoms with Gasteiger partial charge in [0, 0.05) is 41.0 Å². The molecule has 0 N–H and O–H groups in total. The summed E-state index contributed by atoms with van der Waals surface area (Å²) in [5.41, 5.74) is 4.04. The smallest absolute Gasteiger partial charge is 0.277 e. The molecule has 0 saturated carbocycles. The minimum Gasteiger partial charge on any atom is -0.493 e. The van der Waals surface area contributed by atoms with Crippen LogP contribution in [0.2, 0.25) is 0 Å². The van der Waals surface area contributed by atoms with E-state index in [1.165, 1.54) is 17.4 Å². The van der Waals surface area contributed by atoms with Crippen LogP contribution in [0.5, 0.6) is 11.5 Å². The third-order valence-corrected chi connectivity index (χ3v) is 6.97. The van der Waals surface area contributed by atoms with Crippen molar-refractivity contribution in [3.05, 3.63) is 53.5 Å². The summed E-state index contributed by atoms with van der Waals surface area (Å²) in [5, 5.41) is 11.9. The third-order valence-electron chi connectivity index (χ3n) is 5.18. The highest BCUT2D eigenvalue weighted by atomic mass is 32.2. The Bertz CT molecular complexity index is 1190. The number of methoxy groups -OCH3 is 2. The maximum atomic E-state index is 5.86. The van der Waals surface area contributed by atoms with Crippen LogP contribution in [0.25, 0.3) is 22.0 Å². The number of hydrogen-bond acceptors (Lipinski definition) is 9. The van der Waals surface area contributed by atoms with Crippen molar-refractivity contribution >= 4 is 28.8 Å². The number of thiazole rings is 1. The maximum Gasteiger partial charge on any atom is 0.277 e. The van der Waals surface area contributed by atoms with Gasteiger partial charge in [-0.15, -0.1) is 21.5 Å². The highest BCUT2D eigenvalue weighted by Crippen LogP contribution is 2.34. The molecule has 0 fully saturated rings. The molecule has 0 saturated heterocycles. The Kier molecular flexibility index (Phi) is 7.51. The van der Waals surface area contributed by atoms with Gasteiger partial charge in [0.25, 0.3) is 5.22 Å². The molecule has 0 aliphatic rings. The molecule has 33 heavy (non-hydrogen) atoms. The van der Waals surface area contributed by atoms with Crippen molar-refractivity contribution in [2.45, 2.75) is 24.8 Å². The molecule has 2 heterocycles. The molecule has 2 aromatic carbocycles. The van der Waals surface area contributed by atoms with Gasteiger partial charge in [0.15, 0.2) is 11.5 Å². The fourth-order valence-electron chi connectivity index (χ4n) is 3.40. The second-order valence-electron chi connectivity index (χ2n) is 7.09. The first-order valence-electron chi connectivity index (χ1n) is 10.6. The molecule has 7 nitrogen and oxygen atoms in total. The molecule has 4 rings (SSSR count). The second kappa shape index (κ2) is 10.7. The quantitative estimate of drug-likeness (QED) is 0.254. The van der Waals surface area contributed by atoms with E-state index in [2.05, 4.69) is 41.1 Å². The highest BCUT2D eigenvalue weighted by Gasteiger charge is 2.13. The lowest BCUT2D eigenvalue weighted by Gasteiger charge is -2.20. The van der Waals surface area contributed by atoms with Gasteiger partial charge in [-0.2, -0.15) is 0 Å². The zero-order valence-corrected chi connectivity index (χ0v) is 20.7. The molecule has 0 atom stereocenters. The van der Waals surface area contributed by atoms with Crippen molar-refractivity contribution in [3.63, 3.8) is 0 Å². The lowest BCUT2D eigenvalue weighted by atomic mass is 10.2. The van der Waals surface area contributed by atoms with Crippen molar-refractivity contribution in [3.8, 4) is 33.5 Å². The fourth-order valence-corrected chi connectivity index (χ4v) is 4.98. The molecule has 2 aromatic heterocycles. The van der Waals surface area contributed by atoms with Crippen molar-refractivity contribution in [1.29, 1.82) is 0 Å². The molecule has 0 aliphatic carbocycles. The molecule has 0 unspecified atom stereocenters. The van der Waals surface area contributed by atoms with E-state index < -0.39 is 0 Å². The molecule has 0 spiro atoms. The predicted octanol–water partition coefficient (Wildman–Crippen LogP) is 6.02. The topological polar surface area (TPSA) is 73.5 Å². The molecular formula is C24H26N4O3S2. The van der Waals surface area contributed by atoms with Crippen molar-refractivity contribution in [2.24, 2.45) is 0 Å². The summed E-state index contributed by atoms with van der Waals surface area (Å²) in [6.45, 7) is 6.25. The number of ether oxygens (including phenoxy) is 2. The van der Waals surface area contributed by atoms with E-state index in [1.807, 2.05) is 35.7 Å².